The fourth-order valence-electron chi connectivity index (χ4n) is 3.62. The summed E-state index contributed by atoms with van der Waals surface area (Å²) in [5.74, 6) is 0.712. The lowest BCUT2D eigenvalue weighted by molar-refractivity contribution is -0.113. The monoisotopic (exact) mass is 349 g/mol. The van der Waals surface area contributed by atoms with Gasteiger partial charge in [-0.15, -0.1) is 0 Å². The first-order valence-corrected chi connectivity index (χ1v) is 9.44. The van der Waals surface area contributed by atoms with Crippen molar-refractivity contribution >= 4 is 11.6 Å². The number of rotatable bonds is 7. The average Bonchev–Trinajstić information content (AvgIpc) is 2.62. The van der Waals surface area contributed by atoms with Gasteiger partial charge in [-0.3, -0.25) is 4.79 Å². The quantitative estimate of drug-likeness (QED) is 0.433. The summed E-state index contributed by atoms with van der Waals surface area (Å²) in [5, 5.41) is 2.51. The molecule has 1 aliphatic carbocycles. The number of carbonyl (C=O) groups is 1. The van der Waals surface area contributed by atoms with E-state index in [2.05, 4.69) is 12.2 Å². The maximum Gasteiger partial charge on any atom is 0.278 e. The number of amides is 1. The van der Waals surface area contributed by atoms with Crippen LogP contribution in [0.1, 0.15) is 76.7 Å². The van der Waals surface area contributed by atoms with Gasteiger partial charge in [0.05, 0.1) is 5.57 Å². The molecule has 138 valence electrons. The Labute approximate surface area is 149 Å². The van der Waals surface area contributed by atoms with Crippen LogP contribution < -0.4 is 5.32 Å². The Morgan fingerprint density at radius 1 is 1.08 bits per heavy atom. The van der Waals surface area contributed by atoms with Gasteiger partial charge in [0.1, 0.15) is 0 Å². The van der Waals surface area contributed by atoms with Crippen molar-refractivity contribution in [3.8, 4) is 0 Å². The lowest BCUT2D eigenvalue weighted by atomic mass is 9.77. The summed E-state index contributed by atoms with van der Waals surface area (Å²) in [5.41, 5.74) is 1.31. The van der Waals surface area contributed by atoms with Crippen molar-refractivity contribution in [2.45, 2.75) is 71.1 Å². The summed E-state index contributed by atoms with van der Waals surface area (Å²) in [4.78, 5) is 11.6. The average molecular weight is 349 g/mol. The van der Waals surface area contributed by atoms with Crippen LogP contribution in [-0.4, -0.2) is 5.91 Å². The van der Waals surface area contributed by atoms with E-state index < -0.39 is 17.6 Å². The molecule has 0 atom stereocenters. The molecule has 1 N–H and O–H groups in total. The van der Waals surface area contributed by atoms with E-state index >= 15 is 0 Å². The smallest absolute Gasteiger partial charge is 0.278 e. The first-order chi connectivity index (χ1) is 12.0. The van der Waals surface area contributed by atoms with Crippen LogP contribution in [-0.2, 0) is 4.79 Å². The molecule has 2 rings (SSSR count). The molecule has 2 nitrogen and oxygen atoms in total. The summed E-state index contributed by atoms with van der Waals surface area (Å²) in [6.45, 7) is 3.37. The molecule has 0 unspecified atom stereocenters. The molecule has 0 radical (unpaired) electrons. The third-order valence-corrected chi connectivity index (χ3v) is 5.33. The highest BCUT2D eigenvalue weighted by Gasteiger charge is 2.22. The van der Waals surface area contributed by atoms with E-state index in [1.54, 1.807) is 0 Å². The summed E-state index contributed by atoms with van der Waals surface area (Å²) < 4.78 is 24.9. The fraction of sp³-hybridized carbons (Fsp3) is 0.571. The molecule has 1 saturated carbocycles. The van der Waals surface area contributed by atoms with Crippen LogP contribution in [0.25, 0.3) is 0 Å². The number of unbranched alkanes of at least 4 members (excludes halogenated alkanes) is 2. The Balaban J connectivity index is 1.85. The van der Waals surface area contributed by atoms with Gasteiger partial charge in [0.15, 0.2) is 0 Å². The van der Waals surface area contributed by atoms with Gasteiger partial charge in [-0.25, -0.2) is 0 Å². The molecular formula is C21H29F2NO. The summed E-state index contributed by atoms with van der Waals surface area (Å²) in [6, 6.07) is 7.65. The van der Waals surface area contributed by atoms with Gasteiger partial charge in [-0.05, 0) is 62.1 Å². The summed E-state index contributed by atoms with van der Waals surface area (Å²) in [6.07, 6.45) is 8.44. The lowest BCUT2D eigenvalue weighted by Crippen LogP contribution is -2.14. The van der Waals surface area contributed by atoms with Crippen molar-refractivity contribution in [3.63, 3.8) is 0 Å². The minimum Gasteiger partial charge on any atom is -0.322 e. The van der Waals surface area contributed by atoms with E-state index in [-0.39, 0.29) is 0 Å². The lowest BCUT2D eigenvalue weighted by Gasteiger charge is -2.29. The zero-order chi connectivity index (χ0) is 18.2. The van der Waals surface area contributed by atoms with E-state index in [1.165, 1.54) is 56.9 Å². The van der Waals surface area contributed by atoms with E-state index in [9.17, 15) is 13.6 Å². The maximum absolute atomic E-state index is 12.4. The van der Waals surface area contributed by atoms with E-state index in [4.69, 9.17) is 0 Å². The van der Waals surface area contributed by atoms with Crippen molar-refractivity contribution in [1.82, 2.24) is 0 Å². The van der Waals surface area contributed by atoms with Crippen LogP contribution in [0.2, 0.25) is 0 Å². The minimum atomic E-state index is -1.94. The Hall–Kier alpha value is -1.71. The topological polar surface area (TPSA) is 29.1 Å². The highest BCUT2D eigenvalue weighted by atomic mass is 19.3. The zero-order valence-electron chi connectivity index (χ0n) is 15.3. The molecule has 0 heterocycles. The molecule has 0 bridgehead atoms. The van der Waals surface area contributed by atoms with Crippen LogP contribution in [0, 0.1) is 5.92 Å². The summed E-state index contributed by atoms with van der Waals surface area (Å²) in [7, 11) is 0. The normalized spacial score (nSPS) is 20.2. The minimum absolute atomic E-state index is 0.537. The van der Waals surface area contributed by atoms with Crippen LogP contribution >= 0.6 is 0 Å². The predicted octanol–water partition coefficient (Wildman–Crippen LogP) is 6.65. The molecule has 0 spiro atoms. The molecule has 25 heavy (non-hydrogen) atoms. The van der Waals surface area contributed by atoms with Crippen molar-refractivity contribution in [3.05, 3.63) is 41.5 Å². The van der Waals surface area contributed by atoms with Gasteiger partial charge in [0.2, 0.25) is 0 Å². The van der Waals surface area contributed by atoms with Crippen LogP contribution in [0.4, 0.5) is 14.5 Å². The zero-order valence-corrected chi connectivity index (χ0v) is 15.3. The Bertz CT molecular complexity index is 582. The van der Waals surface area contributed by atoms with Crippen molar-refractivity contribution < 1.29 is 13.6 Å². The third-order valence-electron chi connectivity index (χ3n) is 5.33. The molecule has 0 saturated heterocycles. The molecule has 1 aromatic rings. The first kappa shape index (κ1) is 19.6. The Morgan fingerprint density at radius 3 is 2.28 bits per heavy atom. The van der Waals surface area contributed by atoms with Crippen LogP contribution in [0.5, 0.6) is 0 Å². The first-order valence-electron chi connectivity index (χ1n) is 9.44. The molecule has 1 fully saturated rings. The highest BCUT2D eigenvalue weighted by Crippen LogP contribution is 2.38. The molecular weight excluding hydrogens is 320 g/mol. The number of carbonyl (C=O) groups excluding carboxylic acids is 1. The van der Waals surface area contributed by atoms with Gasteiger partial charge < -0.3 is 5.32 Å². The number of benzene rings is 1. The Morgan fingerprint density at radius 2 is 1.72 bits per heavy atom. The second-order valence-electron chi connectivity index (χ2n) is 7.17. The molecule has 0 aromatic heterocycles. The van der Waals surface area contributed by atoms with Gasteiger partial charge >= 0.3 is 0 Å². The number of halogens is 2. The van der Waals surface area contributed by atoms with Crippen LogP contribution in [0.15, 0.2) is 35.9 Å². The number of hydrogen-bond donors (Lipinski definition) is 1. The molecule has 1 aliphatic rings. The largest absolute Gasteiger partial charge is 0.322 e. The molecule has 1 aromatic carbocycles. The van der Waals surface area contributed by atoms with Gasteiger partial charge in [0.25, 0.3) is 12.0 Å². The van der Waals surface area contributed by atoms with Gasteiger partial charge in [-0.1, -0.05) is 44.7 Å². The van der Waals surface area contributed by atoms with Crippen molar-refractivity contribution in [2.75, 3.05) is 5.32 Å². The van der Waals surface area contributed by atoms with E-state index in [1.807, 2.05) is 24.3 Å². The second kappa shape index (κ2) is 9.69. The maximum atomic E-state index is 12.4. The second-order valence-corrected chi connectivity index (χ2v) is 7.17. The molecule has 1 amide bonds. The van der Waals surface area contributed by atoms with E-state index in [0.717, 1.165) is 12.8 Å². The predicted molar refractivity (Wildman–Crippen MR) is 98.8 cm³/mol. The van der Waals surface area contributed by atoms with Gasteiger partial charge in [0, 0.05) is 5.69 Å². The molecule has 4 heteroatoms. The van der Waals surface area contributed by atoms with Gasteiger partial charge in [-0.2, -0.15) is 8.78 Å². The highest BCUT2D eigenvalue weighted by molar-refractivity contribution is 6.03. The fourth-order valence-corrected chi connectivity index (χ4v) is 3.62. The third kappa shape index (κ3) is 5.94. The van der Waals surface area contributed by atoms with Crippen molar-refractivity contribution in [2.24, 2.45) is 5.92 Å². The number of nitrogens with one attached hydrogen (secondary N) is 1. The Kier molecular flexibility index (Phi) is 7.60. The number of anilines is 1. The van der Waals surface area contributed by atoms with Crippen molar-refractivity contribution in [1.29, 1.82) is 0 Å². The molecule has 0 aliphatic heterocycles. The number of hydrogen-bond acceptors (Lipinski definition) is 1. The van der Waals surface area contributed by atoms with Crippen LogP contribution in [0.3, 0.4) is 0 Å². The SMILES string of the molecule is CCCCCC1CCC(c2ccc(NC(=O)C(C)=C(F)F)cc2)CC1. The van der Waals surface area contributed by atoms with E-state index in [0.29, 0.717) is 11.6 Å². The summed E-state index contributed by atoms with van der Waals surface area (Å²) >= 11 is 0. The standard InChI is InChI=1S/C21H29F2NO/c1-3-4-5-6-16-7-9-17(10-8-16)18-11-13-19(14-12-18)24-21(25)15(2)20(22)23/h11-14,16-17H,3-10H2,1-2H3,(H,24,25).